The Kier molecular flexibility index (Phi) is 3.03. The average Bonchev–Trinajstić information content (AvgIpc) is 1.61. The Balaban J connectivity index is 2.86. The SMILES string of the molecule is C#CNCC(F)F. The smallest absolute Gasteiger partial charge is 0.256 e. The minimum Gasteiger partial charge on any atom is -0.340 e. The van der Waals surface area contributed by atoms with Gasteiger partial charge in [0.2, 0.25) is 0 Å². The van der Waals surface area contributed by atoms with Crippen molar-refractivity contribution in [2.24, 2.45) is 0 Å². The normalized spacial score (nSPS) is 8.29. The van der Waals surface area contributed by atoms with E-state index < -0.39 is 13.0 Å². The lowest BCUT2D eigenvalue weighted by atomic mass is 10.7. The van der Waals surface area contributed by atoms with E-state index in [-0.39, 0.29) is 0 Å². The van der Waals surface area contributed by atoms with Crippen LogP contribution in [0.5, 0.6) is 0 Å². The maximum absolute atomic E-state index is 11.1. The van der Waals surface area contributed by atoms with Gasteiger partial charge in [-0.2, -0.15) is 0 Å². The highest BCUT2D eigenvalue weighted by Gasteiger charge is 1.96. The molecule has 0 aliphatic heterocycles. The molecule has 0 aliphatic carbocycles. The molecule has 40 valence electrons. The number of hydrogen-bond acceptors (Lipinski definition) is 1. The van der Waals surface area contributed by atoms with E-state index in [9.17, 15) is 8.78 Å². The number of terminal acetylenes is 1. The van der Waals surface area contributed by atoms with Gasteiger partial charge in [0.15, 0.2) is 0 Å². The molecule has 0 aromatic heterocycles. The Bertz CT molecular complexity index is 74.2. The van der Waals surface area contributed by atoms with Gasteiger partial charge in [0.1, 0.15) is 0 Å². The molecule has 0 saturated heterocycles. The van der Waals surface area contributed by atoms with Gasteiger partial charge in [-0.25, -0.2) is 8.78 Å². The van der Waals surface area contributed by atoms with Crippen LogP contribution in [-0.4, -0.2) is 13.0 Å². The first-order valence-electron chi connectivity index (χ1n) is 1.74. The van der Waals surface area contributed by atoms with Crippen LogP contribution in [-0.2, 0) is 0 Å². The van der Waals surface area contributed by atoms with Gasteiger partial charge < -0.3 is 5.32 Å². The summed E-state index contributed by atoms with van der Waals surface area (Å²) in [6, 6.07) is 1.87. The lowest BCUT2D eigenvalue weighted by Crippen LogP contribution is -2.14. The van der Waals surface area contributed by atoms with Crippen molar-refractivity contribution in [2.75, 3.05) is 6.54 Å². The van der Waals surface area contributed by atoms with E-state index in [1.54, 1.807) is 0 Å². The summed E-state index contributed by atoms with van der Waals surface area (Å²) in [5.74, 6) is 0. The highest BCUT2D eigenvalue weighted by atomic mass is 19.3. The third-order valence-corrected chi connectivity index (χ3v) is 0.358. The molecule has 0 unspecified atom stereocenters. The van der Waals surface area contributed by atoms with Gasteiger partial charge in [0.25, 0.3) is 6.43 Å². The van der Waals surface area contributed by atoms with E-state index in [1.807, 2.05) is 11.4 Å². The Hall–Kier alpha value is -0.780. The third-order valence-electron chi connectivity index (χ3n) is 0.358. The minimum atomic E-state index is -2.35. The summed E-state index contributed by atoms with van der Waals surface area (Å²) < 4.78 is 22.1. The molecule has 0 rings (SSSR count). The third kappa shape index (κ3) is 5.22. The fourth-order valence-corrected chi connectivity index (χ4v) is 0.136. The van der Waals surface area contributed by atoms with Gasteiger partial charge in [-0.3, -0.25) is 0 Å². The second-order valence-corrected chi connectivity index (χ2v) is 0.916. The summed E-state index contributed by atoms with van der Waals surface area (Å²) in [7, 11) is 0. The van der Waals surface area contributed by atoms with Crippen LogP contribution >= 0.6 is 0 Å². The molecule has 0 amide bonds. The second-order valence-electron chi connectivity index (χ2n) is 0.916. The number of rotatable bonds is 2. The molecule has 0 heterocycles. The predicted molar refractivity (Wildman–Crippen MR) is 22.8 cm³/mol. The Labute approximate surface area is 40.7 Å². The summed E-state index contributed by atoms with van der Waals surface area (Å²) in [6.07, 6.45) is 2.23. The lowest BCUT2D eigenvalue weighted by Gasteiger charge is -1.92. The van der Waals surface area contributed by atoms with Crippen LogP contribution in [0.25, 0.3) is 0 Å². The van der Waals surface area contributed by atoms with Crippen molar-refractivity contribution in [1.82, 2.24) is 5.32 Å². The monoisotopic (exact) mass is 105 g/mol. The van der Waals surface area contributed by atoms with Crippen molar-refractivity contribution in [3.63, 3.8) is 0 Å². The van der Waals surface area contributed by atoms with Gasteiger partial charge in [0, 0.05) is 6.04 Å². The van der Waals surface area contributed by atoms with E-state index in [4.69, 9.17) is 0 Å². The molecule has 7 heavy (non-hydrogen) atoms. The second kappa shape index (κ2) is 3.41. The van der Waals surface area contributed by atoms with E-state index in [2.05, 4.69) is 6.42 Å². The number of nitrogens with one attached hydrogen (secondary N) is 1. The summed E-state index contributed by atoms with van der Waals surface area (Å²) in [5, 5.41) is 2.03. The molecular weight excluding hydrogens is 100 g/mol. The Morgan fingerprint density at radius 3 is 2.43 bits per heavy atom. The molecule has 0 aliphatic rings. The van der Waals surface area contributed by atoms with Gasteiger partial charge in [-0.1, -0.05) is 6.42 Å². The van der Waals surface area contributed by atoms with Crippen LogP contribution in [0.4, 0.5) is 8.78 Å². The van der Waals surface area contributed by atoms with Crippen LogP contribution in [0.15, 0.2) is 0 Å². The summed E-state index contributed by atoms with van der Waals surface area (Å²) >= 11 is 0. The van der Waals surface area contributed by atoms with Crippen molar-refractivity contribution in [1.29, 1.82) is 0 Å². The quantitative estimate of drug-likeness (QED) is 0.396. The van der Waals surface area contributed by atoms with Crippen LogP contribution in [0.1, 0.15) is 0 Å². The van der Waals surface area contributed by atoms with Crippen LogP contribution in [0.2, 0.25) is 0 Å². The highest BCUT2D eigenvalue weighted by Crippen LogP contribution is 1.85. The zero-order valence-corrected chi connectivity index (χ0v) is 3.62. The van der Waals surface area contributed by atoms with Gasteiger partial charge >= 0.3 is 0 Å². The Morgan fingerprint density at radius 2 is 2.29 bits per heavy atom. The molecular formula is C4H5F2N. The minimum absolute atomic E-state index is 0.420. The first-order chi connectivity index (χ1) is 3.27. The molecule has 0 atom stereocenters. The van der Waals surface area contributed by atoms with E-state index in [0.717, 1.165) is 0 Å². The van der Waals surface area contributed by atoms with Gasteiger partial charge in [0.05, 0.1) is 6.54 Å². The van der Waals surface area contributed by atoms with Crippen molar-refractivity contribution in [2.45, 2.75) is 6.43 Å². The molecule has 1 N–H and O–H groups in total. The summed E-state index contributed by atoms with van der Waals surface area (Å²) in [6.45, 7) is -0.420. The van der Waals surface area contributed by atoms with Gasteiger partial charge in [-0.15, -0.1) is 0 Å². The lowest BCUT2D eigenvalue weighted by molar-refractivity contribution is 0.151. The van der Waals surface area contributed by atoms with E-state index in [0.29, 0.717) is 0 Å². The molecule has 0 radical (unpaired) electrons. The molecule has 3 heteroatoms. The standard InChI is InChI=1S/C4H5F2N/c1-2-7-3-4(5)6/h1,4,7H,3H2. The molecule has 0 fully saturated rings. The molecule has 1 nitrogen and oxygen atoms in total. The highest BCUT2D eigenvalue weighted by molar-refractivity contribution is 4.79. The van der Waals surface area contributed by atoms with Crippen molar-refractivity contribution in [3.8, 4) is 12.5 Å². The van der Waals surface area contributed by atoms with E-state index in [1.165, 1.54) is 0 Å². The topological polar surface area (TPSA) is 12.0 Å². The molecule has 0 bridgehead atoms. The number of hydrogen-bond donors (Lipinski definition) is 1. The van der Waals surface area contributed by atoms with Crippen LogP contribution in [0.3, 0.4) is 0 Å². The zero-order chi connectivity index (χ0) is 5.70. The van der Waals surface area contributed by atoms with Crippen molar-refractivity contribution >= 4 is 0 Å². The first kappa shape index (κ1) is 6.22. The van der Waals surface area contributed by atoms with Crippen LogP contribution < -0.4 is 5.32 Å². The summed E-state index contributed by atoms with van der Waals surface area (Å²) in [4.78, 5) is 0. The number of alkyl halides is 2. The zero-order valence-electron chi connectivity index (χ0n) is 3.62. The van der Waals surface area contributed by atoms with Crippen molar-refractivity contribution in [3.05, 3.63) is 0 Å². The fraction of sp³-hybridized carbons (Fsp3) is 0.500. The molecule has 0 aromatic rings. The maximum Gasteiger partial charge on any atom is 0.256 e. The van der Waals surface area contributed by atoms with Crippen LogP contribution in [0, 0.1) is 12.5 Å². The van der Waals surface area contributed by atoms with E-state index >= 15 is 0 Å². The fourth-order valence-electron chi connectivity index (χ4n) is 0.136. The van der Waals surface area contributed by atoms with Crippen molar-refractivity contribution < 1.29 is 8.78 Å². The predicted octanol–water partition coefficient (Wildman–Crippen LogP) is 0.432. The molecule has 0 spiro atoms. The molecule has 0 saturated carbocycles. The Morgan fingerprint density at radius 1 is 1.71 bits per heavy atom. The first-order valence-corrected chi connectivity index (χ1v) is 1.74. The average molecular weight is 105 g/mol. The summed E-state index contributed by atoms with van der Waals surface area (Å²) in [5.41, 5.74) is 0. The molecule has 0 aromatic carbocycles. The largest absolute Gasteiger partial charge is 0.340 e. The van der Waals surface area contributed by atoms with Gasteiger partial charge in [-0.05, 0) is 0 Å². The maximum atomic E-state index is 11.1. The number of halogens is 2.